The highest BCUT2D eigenvalue weighted by atomic mass is 13.9. The van der Waals surface area contributed by atoms with E-state index in [1.807, 2.05) is 0 Å². The number of hydrogen-bond donors (Lipinski definition) is 0. The third-order valence-electron chi connectivity index (χ3n) is 1.77. The van der Waals surface area contributed by atoms with Gasteiger partial charge in [0.15, 0.2) is 0 Å². The van der Waals surface area contributed by atoms with E-state index < -0.39 is 0 Å². The van der Waals surface area contributed by atoms with Crippen LogP contribution in [0.2, 0.25) is 0 Å². The lowest BCUT2D eigenvalue weighted by Crippen LogP contribution is -1.79. The van der Waals surface area contributed by atoms with Gasteiger partial charge in [-0.05, 0) is 19.3 Å². The molecule has 0 radical (unpaired) electrons. The van der Waals surface area contributed by atoms with Crippen LogP contribution in [0.4, 0.5) is 0 Å². The molecule has 0 aromatic carbocycles. The predicted octanol–water partition coefficient (Wildman–Crippen LogP) is 3.96. The molecule has 0 spiro atoms. The van der Waals surface area contributed by atoms with Crippen LogP contribution in [0.25, 0.3) is 0 Å². The van der Waals surface area contributed by atoms with Crippen molar-refractivity contribution in [3.63, 3.8) is 0 Å². The number of hydrogen-bond acceptors (Lipinski definition) is 0. The fourth-order valence-electron chi connectivity index (χ4n) is 1.03. The summed E-state index contributed by atoms with van der Waals surface area (Å²) >= 11 is 0. The van der Waals surface area contributed by atoms with E-state index in [-0.39, 0.29) is 0 Å². The van der Waals surface area contributed by atoms with Gasteiger partial charge in [-0.2, -0.15) is 0 Å². The fourth-order valence-corrected chi connectivity index (χ4v) is 1.03. The van der Waals surface area contributed by atoms with Gasteiger partial charge in [0.2, 0.25) is 0 Å². The monoisotopic (exact) mass is 141 g/mol. The molecule has 0 saturated heterocycles. The Labute approximate surface area is 66.0 Å². The van der Waals surface area contributed by atoms with Crippen LogP contribution in [-0.2, 0) is 0 Å². The highest BCUT2D eigenvalue weighted by molar-refractivity contribution is 4.63. The minimum absolute atomic E-state index is 1.33. The molecule has 0 amide bonds. The predicted molar refractivity (Wildman–Crippen MR) is 48.0 cm³/mol. The molecule has 0 nitrogen and oxygen atoms in total. The Morgan fingerprint density at radius 3 is 2.00 bits per heavy atom. The van der Waals surface area contributed by atoms with Gasteiger partial charge in [0.25, 0.3) is 0 Å². The highest BCUT2D eigenvalue weighted by Crippen LogP contribution is 2.06. The zero-order valence-corrected chi connectivity index (χ0v) is 7.53. The molecule has 0 N–H and O–H groups in total. The van der Waals surface area contributed by atoms with Crippen molar-refractivity contribution in [1.29, 1.82) is 0 Å². The second-order valence-electron chi connectivity index (χ2n) is 2.93. The lowest BCUT2D eigenvalue weighted by molar-refractivity contribution is 0.673. The van der Waals surface area contributed by atoms with Crippen molar-refractivity contribution < 1.29 is 0 Å². The molecule has 0 unspecified atom stereocenters. The molecule has 0 heteroatoms. The maximum atomic E-state index is 2.44. The van der Waals surface area contributed by atoms with Crippen molar-refractivity contribution in [1.82, 2.24) is 0 Å². The summed E-state index contributed by atoms with van der Waals surface area (Å²) in [4.78, 5) is 0. The van der Waals surface area contributed by atoms with Gasteiger partial charge >= 0.3 is 0 Å². The summed E-state index contributed by atoms with van der Waals surface area (Å²) < 4.78 is 0. The van der Waals surface area contributed by atoms with Crippen LogP contribution >= 0.6 is 0 Å². The number of unbranched alkanes of at least 4 members (excludes halogenated alkanes) is 7. The molecule has 0 rings (SSSR count). The molecular weight excluding hydrogens is 120 g/mol. The van der Waals surface area contributed by atoms with E-state index in [2.05, 4.69) is 20.3 Å². The smallest absolute Gasteiger partial charge is 0.0654 e. The molecule has 60 valence electrons. The minimum Gasteiger partial charge on any atom is -0.0654 e. The lowest BCUT2D eigenvalue weighted by atomic mass is 10.1. The largest absolute Gasteiger partial charge is 0.0875 e. The number of rotatable bonds is 7. The van der Waals surface area contributed by atoms with Crippen LogP contribution < -0.4 is 0 Å². The lowest BCUT2D eigenvalue weighted by Gasteiger charge is -1.90. The maximum Gasteiger partial charge on any atom is 0.0875 e. The third kappa shape index (κ3) is 7.87. The van der Waals surface area contributed by atoms with Gasteiger partial charge in [0, 0.05) is 0 Å². The Hall–Kier alpha value is -0.130. The third-order valence-corrected chi connectivity index (χ3v) is 1.77. The van der Waals surface area contributed by atoms with E-state index in [9.17, 15) is 0 Å². The molecule has 0 aliphatic heterocycles. The van der Waals surface area contributed by atoms with Crippen LogP contribution in [0.5, 0.6) is 0 Å². The second kappa shape index (κ2) is 8.87. The van der Waals surface area contributed by atoms with Gasteiger partial charge in [-0.15, -0.1) is 0 Å². The summed E-state index contributed by atoms with van der Waals surface area (Å²) in [7, 11) is 0. The van der Waals surface area contributed by atoms with Gasteiger partial charge in [0.05, 0.1) is 19.3 Å². The van der Waals surface area contributed by atoms with E-state index in [0.717, 1.165) is 0 Å². The van der Waals surface area contributed by atoms with Gasteiger partial charge in [-0.3, -0.25) is 0 Å². The van der Waals surface area contributed by atoms with Crippen LogP contribution in [0.1, 0.15) is 58.8 Å². The highest BCUT2D eigenvalue weighted by Gasteiger charge is 1.96. The zero-order chi connectivity index (χ0) is 7.66. The van der Waals surface area contributed by atoms with Crippen LogP contribution in [0.15, 0.2) is 0 Å². The van der Waals surface area contributed by atoms with Crippen LogP contribution in [0.3, 0.4) is 0 Å². The summed E-state index contributed by atoms with van der Waals surface area (Å²) in [5.41, 5.74) is 0. The van der Waals surface area contributed by atoms with Gasteiger partial charge < -0.3 is 0 Å². The normalized spacial score (nSPS) is 9.80. The molecule has 0 saturated carbocycles. The van der Waals surface area contributed by atoms with Crippen molar-refractivity contribution in [3.05, 3.63) is 6.42 Å². The summed E-state index contributed by atoms with van der Waals surface area (Å²) in [6, 6.07) is 0. The zero-order valence-electron chi connectivity index (χ0n) is 7.53. The molecule has 0 heterocycles. The molecule has 0 aromatic rings. The van der Waals surface area contributed by atoms with Gasteiger partial charge in [-0.25, -0.2) is 0 Å². The van der Waals surface area contributed by atoms with E-state index in [4.69, 9.17) is 0 Å². The van der Waals surface area contributed by atoms with Crippen molar-refractivity contribution in [3.8, 4) is 0 Å². The second-order valence-corrected chi connectivity index (χ2v) is 2.93. The van der Waals surface area contributed by atoms with E-state index in [1.54, 1.807) is 0 Å². The first-order valence-corrected chi connectivity index (χ1v) is 4.73. The van der Waals surface area contributed by atoms with Crippen molar-refractivity contribution >= 4 is 0 Å². The van der Waals surface area contributed by atoms with Crippen LogP contribution in [-0.4, -0.2) is 0 Å². The fraction of sp³-hybridized carbons (Fsp3) is 0.900. The summed E-state index contributed by atoms with van der Waals surface area (Å²) in [5, 5.41) is 0. The van der Waals surface area contributed by atoms with E-state index in [0.29, 0.717) is 0 Å². The summed E-state index contributed by atoms with van der Waals surface area (Å²) in [5.74, 6) is 0. The van der Waals surface area contributed by atoms with E-state index >= 15 is 0 Å². The van der Waals surface area contributed by atoms with E-state index in [1.165, 1.54) is 44.9 Å². The molecule has 0 aliphatic rings. The summed E-state index contributed by atoms with van der Waals surface area (Å²) in [6.07, 6.45) is 12.0. The Bertz CT molecular complexity index is 40.0. The summed E-state index contributed by atoms with van der Waals surface area (Å²) in [6.45, 7) is 4.51. The van der Waals surface area contributed by atoms with Crippen molar-refractivity contribution in [2.24, 2.45) is 0 Å². The quantitative estimate of drug-likeness (QED) is 0.372. The molecule has 10 heavy (non-hydrogen) atoms. The Kier molecular flexibility index (Phi) is 8.75. The standard InChI is InChI=1S/C10H21/c1-3-5-7-9-10-8-6-4-2/h9H,3-8,10H2,1-2H3/q+1. The molecule has 0 bridgehead atoms. The molecule has 0 aliphatic carbocycles. The van der Waals surface area contributed by atoms with Crippen LogP contribution in [0, 0.1) is 6.42 Å². The first-order valence-electron chi connectivity index (χ1n) is 4.73. The first-order chi connectivity index (χ1) is 4.91. The van der Waals surface area contributed by atoms with Gasteiger partial charge in [-0.1, -0.05) is 26.7 Å². The first kappa shape index (κ1) is 9.87. The average Bonchev–Trinajstić information content (AvgIpc) is 1.97. The van der Waals surface area contributed by atoms with Crippen molar-refractivity contribution in [2.45, 2.75) is 58.8 Å². The van der Waals surface area contributed by atoms with Crippen molar-refractivity contribution in [2.75, 3.05) is 0 Å². The SMILES string of the molecule is CCCC[CH+]CCCCC. The molecule has 0 aromatic heterocycles. The Morgan fingerprint density at radius 2 is 1.40 bits per heavy atom. The maximum absolute atomic E-state index is 2.44. The van der Waals surface area contributed by atoms with Gasteiger partial charge in [0.1, 0.15) is 0 Å². The Balaban J connectivity index is 2.65. The average molecular weight is 141 g/mol. The molecule has 0 fully saturated rings. The minimum atomic E-state index is 1.33. The molecule has 0 atom stereocenters. The molecular formula is C10H21+. The Morgan fingerprint density at radius 1 is 0.800 bits per heavy atom. The topological polar surface area (TPSA) is 0 Å².